The van der Waals surface area contributed by atoms with Gasteiger partial charge in [-0.05, 0) is 12.0 Å². The fourth-order valence-corrected chi connectivity index (χ4v) is 2.32. The molecule has 10 heteroatoms. The highest BCUT2D eigenvalue weighted by molar-refractivity contribution is 5.81. The molecule has 0 bridgehead atoms. The van der Waals surface area contributed by atoms with E-state index in [1.54, 1.807) is 4.57 Å². The lowest BCUT2D eigenvalue weighted by Crippen LogP contribution is -2.18. The number of imidazole rings is 1. The third kappa shape index (κ3) is 1.92. The van der Waals surface area contributed by atoms with Crippen molar-refractivity contribution in [3.63, 3.8) is 0 Å². The SMILES string of the molecule is [N-]=[N+]=NC1C[C@@H](CO)O[C@@H]1n1cnc2c(N)ncnc21. The van der Waals surface area contributed by atoms with Crippen LogP contribution in [0.3, 0.4) is 0 Å². The second-order valence-electron chi connectivity index (χ2n) is 4.42. The van der Waals surface area contributed by atoms with Crippen LogP contribution in [0.4, 0.5) is 5.82 Å². The Hall–Kier alpha value is -2.42. The van der Waals surface area contributed by atoms with E-state index in [1.807, 2.05) is 0 Å². The first-order chi connectivity index (χ1) is 9.74. The van der Waals surface area contributed by atoms with Crippen molar-refractivity contribution in [2.75, 3.05) is 12.3 Å². The van der Waals surface area contributed by atoms with Gasteiger partial charge in [-0.15, -0.1) is 0 Å². The summed E-state index contributed by atoms with van der Waals surface area (Å²) in [5, 5.41) is 12.9. The van der Waals surface area contributed by atoms with Gasteiger partial charge in [0.25, 0.3) is 0 Å². The molecule has 0 amide bonds. The third-order valence-corrected chi connectivity index (χ3v) is 3.23. The van der Waals surface area contributed by atoms with E-state index in [4.69, 9.17) is 16.0 Å². The Morgan fingerprint density at radius 1 is 1.55 bits per heavy atom. The highest BCUT2D eigenvalue weighted by Gasteiger charge is 2.36. The van der Waals surface area contributed by atoms with Gasteiger partial charge in [0.2, 0.25) is 0 Å². The van der Waals surface area contributed by atoms with Gasteiger partial charge in [0.15, 0.2) is 11.5 Å². The van der Waals surface area contributed by atoms with E-state index in [0.717, 1.165) is 0 Å². The molecule has 1 aliphatic heterocycles. The maximum absolute atomic E-state index is 9.19. The molecule has 20 heavy (non-hydrogen) atoms. The van der Waals surface area contributed by atoms with Gasteiger partial charge in [0.1, 0.15) is 18.1 Å². The van der Waals surface area contributed by atoms with Crippen LogP contribution >= 0.6 is 0 Å². The second kappa shape index (κ2) is 4.93. The Labute approximate surface area is 112 Å². The van der Waals surface area contributed by atoms with E-state index in [0.29, 0.717) is 17.6 Å². The lowest BCUT2D eigenvalue weighted by molar-refractivity contribution is -0.0238. The fraction of sp³-hybridized carbons (Fsp3) is 0.500. The molecule has 3 N–H and O–H groups in total. The first kappa shape index (κ1) is 12.6. The van der Waals surface area contributed by atoms with Gasteiger partial charge < -0.3 is 15.6 Å². The number of hydrogen-bond acceptors (Lipinski definition) is 7. The number of azide groups is 1. The molecule has 1 unspecified atom stereocenters. The molecule has 0 spiro atoms. The molecular weight excluding hydrogens is 264 g/mol. The molecule has 1 fully saturated rings. The van der Waals surface area contributed by atoms with Gasteiger partial charge in [0, 0.05) is 4.91 Å². The molecule has 2 aromatic heterocycles. The summed E-state index contributed by atoms with van der Waals surface area (Å²) in [7, 11) is 0. The van der Waals surface area contributed by atoms with Crippen LogP contribution < -0.4 is 5.73 Å². The normalized spacial score (nSPS) is 25.8. The quantitative estimate of drug-likeness (QED) is 0.470. The van der Waals surface area contributed by atoms with E-state index >= 15 is 0 Å². The molecule has 10 nitrogen and oxygen atoms in total. The Morgan fingerprint density at radius 2 is 2.40 bits per heavy atom. The number of rotatable bonds is 3. The minimum absolute atomic E-state index is 0.141. The Balaban J connectivity index is 2.05. The zero-order valence-electron chi connectivity index (χ0n) is 10.4. The standard InChI is InChI=1S/C10H12N8O2/c11-8-7-9(14-3-13-8)18(4-15-7)10-6(16-17-12)1-5(2-19)20-10/h3-6,10,19H,1-2H2,(H2,11,13,14)/t5-,6?,10-/m0/s1. The van der Waals surface area contributed by atoms with Gasteiger partial charge in [-0.25, -0.2) is 15.0 Å². The minimum Gasteiger partial charge on any atom is -0.394 e. The van der Waals surface area contributed by atoms with Crippen LogP contribution in [0.25, 0.3) is 21.6 Å². The zero-order valence-corrected chi connectivity index (χ0v) is 10.4. The molecule has 3 heterocycles. The van der Waals surface area contributed by atoms with Crippen molar-refractivity contribution in [3.8, 4) is 0 Å². The minimum atomic E-state index is -0.567. The number of aromatic nitrogens is 4. The molecule has 3 atom stereocenters. The second-order valence-corrected chi connectivity index (χ2v) is 4.42. The molecule has 0 aromatic carbocycles. The molecule has 0 saturated carbocycles. The summed E-state index contributed by atoms with van der Waals surface area (Å²) < 4.78 is 7.32. The summed E-state index contributed by atoms with van der Waals surface area (Å²) in [5.74, 6) is 0.269. The summed E-state index contributed by atoms with van der Waals surface area (Å²) in [6, 6.07) is -0.439. The van der Waals surface area contributed by atoms with Crippen molar-refractivity contribution in [1.29, 1.82) is 0 Å². The van der Waals surface area contributed by atoms with Crippen molar-refractivity contribution in [2.24, 2.45) is 5.11 Å². The van der Waals surface area contributed by atoms with Crippen LogP contribution in [0.15, 0.2) is 17.8 Å². The van der Waals surface area contributed by atoms with E-state index in [9.17, 15) is 5.11 Å². The molecule has 0 radical (unpaired) electrons. The largest absolute Gasteiger partial charge is 0.394 e. The lowest BCUT2D eigenvalue weighted by Gasteiger charge is -2.16. The maximum Gasteiger partial charge on any atom is 0.167 e. The molecule has 1 aliphatic rings. The third-order valence-electron chi connectivity index (χ3n) is 3.23. The van der Waals surface area contributed by atoms with Gasteiger partial charge in [-0.3, -0.25) is 4.57 Å². The van der Waals surface area contributed by atoms with Crippen molar-refractivity contribution >= 4 is 17.0 Å². The topological polar surface area (TPSA) is 148 Å². The number of fused-ring (bicyclic) bond motifs is 1. The monoisotopic (exact) mass is 276 g/mol. The summed E-state index contributed by atoms with van der Waals surface area (Å²) >= 11 is 0. The number of aliphatic hydroxyl groups excluding tert-OH is 1. The molecule has 2 aromatic rings. The number of ether oxygens (including phenoxy) is 1. The van der Waals surface area contributed by atoms with Gasteiger partial charge in [-0.1, -0.05) is 5.11 Å². The van der Waals surface area contributed by atoms with Crippen molar-refractivity contribution in [1.82, 2.24) is 19.5 Å². The molecule has 3 rings (SSSR count). The van der Waals surface area contributed by atoms with Crippen LogP contribution in [-0.2, 0) is 4.74 Å². The number of aliphatic hydroxyl groups is 1. The van der Waals surface area contributed by atoms with E-state index in [-0.39, 0.29) is 18.5 Å². The van der Waals surface area contributed by atoms with Crippen LogP contribution in [0, 0.1) is 0 Å². The lowest BCUT2D eigenvalue weighted by atomic mass is 10.2. The molecular formula is C10H12N8O2. The summed E-state index contributed by atoms with van der Waals surface area (Å²) in [4.78, 5) is 14.9. The van der Waals surface area contributed by atoms with Gasteiger partial charge >= 0.3 is 0 Å². The Kier molecular flexibility index (Phi) is 3.11. The molecule has 1 saturated heterocycles. The Morgan fingerprint density at radius 3 is 3.15 bits per heavy atom. The fourth-order valence-electron chi connectivity index (χ4n) is 2.32. The van der Waals surface area contributed by atoms with Crippen LogP contribution in [0.5, 0.6) is 0 Å². The number of hydrogen-bond donors (Lipinski definition) is 2. The molecule has 0 aliphatic carbocycles. The summed E-state index contributed by atoms with van der Waals surface area (Å²) in [6.45, 7) is -0.141. The predicted molar refractivity (Wildman–Crippen MR) is 68.3 cm³/mol. The van der Waals surface area contributed by atoms with E-state index in [2.05, 4.69) is 25.0 Å². The number of nitrogens with zero attached hydrogens (tertiary/aromatic N) is 7. The van der Waals surface area contributed by atoms with E-state index < -0.39 is 12.3 Å². The highest BCUT2D eigenvalue weighted by Crippen LogP contribution is 2.33. The first-order valence-corrected chi connectivity index (χ1v) is 5.98. The first-order valence-electron chi connectivity index (χ1n) is 5.98. The van der Waals surface area contributed by atoms with Crippen LogP contribution in [0.1, 0.15) is 12.6 Å². The van der Waals surface area contributed by atoms with Crippen molar-refractivity contribution in [2.45, 2.75) is 24.8 Å². The zero-order chi connectivity index (χ0) is 14.1. The number of anilines is 1. The average Bonchev–Trinajstić information content (AvgIpc) is 3.03. The molecule has 104 valence electrons. The smallest absolute Gasteiger partial charge is 0.167 e. The maximum atomic E-state index is 9.19. The van der Waals surface area contributed by atoms with Crippen LogP contribution in [0.2, 0.25) is 0 Å². The summed E-state index contributed by atoms with van der Waals surface area (Å²) in [6.07, 6.45) is 2.33. The van der Waals surface area contributed by atoms with Crippen molar-refractivity contribution < 1.29 is 9.84 Å². The van der Waals surface area contributed by atoms with E-state index in [1.165, 1.54) is 12.7 Å². The Bertz CT molecular complexity index is 679. The highest BCUT2D eigenvalue weighted by atomic mass is 16.5. The number of nitrogen functional groups attached to an aromatic ring is 1. The van der Waals surface area contributed by atoms with Gasteiger partial charge in [-0.2, -0.15) is 0 Å². The van der Waals surface area contributed by atoms with Gasteiger partial charge in [0.05, 0.1) is 25.1 Å². The predicted octanol–water partition coefficient (Wildman–Crippen LogP) is 0.367. The average molecular weight is 276 g/mol. The van der Waals surface area contributed by atoms with Crippen molar-refractivity contribution in [3.05, 3.63) is 23.1 Å². The summed E-state index contributed by atoms with van der Waals surface area (Å²) in [5.41, 5.74) is 15.3. The number of nitrogens with two attached hydrogens (primary N) is 1. The van der Waals surface area contributed by atoms with Crippen LogP contribution in [-0.4, -0.2) is 43.4 Å².